The lowest BCUT2D eigenvalue weighted by Crippen LogP contribution is -2.23. The molecule has 1 aliphatic rings. The molecule has 24 heavy (non-hydrogen) atoms. The Labute approximate surface area is 142 Å². The van der Waals surface area contributed by atoms with E-state index in [1.807, 2.05) is 36.4 Å². The summed E-state index contributed by atoms with van der Waals surface area (Å²) in [4.78, 5) is 12.4. The van der Waals surface area contributed by atoms with Crippen molar-refractivity contribution in [1.29, 1.82) is 0 Å². The Balaban J connectivity index is 1.62. The van der Waals surface area contributed by atoms with Crippen molar-refractivity contribution >= 4 is 5.91 Å². The van der Waals surface area contributed by atoms with Crippen molar-refractivity contribution in [3.05, 3.63) is 65.2 Å². The second-order valence-electron chi connectivity index (χ2n) is 6.16. The van der Waals surface area contributed by atoms with Gasteiger partial charge in [-0.3, -0.25) is 4.79 Å². The second-order valence-corrected chi connectivity index (χ2v) is 6.16. The second kappa shape index (κ2) is 7.97. The minimum absolute atomic E-state index is 0.0310. The van der Waals surface area contributed by atoms with Crippen LogP contribution in [0.3, 0.4) is 0 Å². The standard InChI is InChI=1S/C20H23NO3/c22-14-17-7-2-1-6-16(17)13-21-20(23)15-8-5-11-19(12-15)24-18-9-3-4-10-18/h1-2,5-8,11-12,18,22H,3-4,9-10,13-14H2,(H,21,23). The highest BCUT2D eigenvalue weighted by Crippen LogP contribution is 2.24. The van der Waals surface area contributed by atoms with E-state index in [0.717, 1.165) is 29.7 Å². The summed E-state index contributed by atoms with van der Waals surface area (Å²) in [6, 6.07) is 14.9. The molecule has 4 heteroatoms. The van der Waals surface area contributed by atoms with Crippen LogP contribution in [0.15, 0.2) is 48.5 Å². The molecule has 2 N–H and O–H groups in total. The molecule has 1 amide bonds. The molecule has 0 unspecified atom stereocenters. The van der Waals surface area contributed by atoms with Gasteiger partial charge in [-0.2, -0.15) is 0 Å². The van der Waals surface area contributed by atoms with Gasteiger partial charge in [0.15, 0.2) is 0 Å². The van der Waals surface area contributed by atoms with Crippen molar-refractivity contribution in [2.75, 3.05) is 0 Å². The van der Waals surface area contributed by atoms with Gasteiger partial charge >= 0.3 is 0 Å². The summed E-state index contributed by atoms with van der Waals surface area (Å²) in [7, 11) is 0. The lowest BCUT2D eigenvalue weighted by Gasteiger charge is -2.14. The highest BCUT2D eigenvalue weighted by atomic mass is 16.5. The minimum Gasteiger partial charge on any atom is -0.490 e. The molecule has 0 radical (unpaired) electrons. The van der Waals surface area contributed by atoms with Crippen LogP contribution >= 0.6 is 0 Å². The molecule has 1 aliphatic carbocycles. The van der Waals surface area contributed by atoms with Crippen LogP contribution in [-0.2, 0) is 13.2 Å². The Bertz CT molecular complexity index is 693. The van der Waals surface area contributed by atoms with Crippen LogP contribution in [0.1, 0.15) is 47.2 Å². The third kappa shape index (κ3) is 4.15. The largest absolute Gasteiger partial charge is 0.490 e. The van der Waals surface area contributed by atoms with E-state index < -0.39 is 0 Å². The van der Waals surface area contributed by atoms with Gasteiger partial charge in [-0.1, -0.05) is 30.3 Å². The average Bonchev–Trinajstić information content (AvgIpc) is 3.13. The first-order valence-electron chi connectivity index (χ1n) is 8.49. The maximum atomic E-state index is 12.4. The summed E-state index contributed by atoms with van der Waals surface area (Å²) in [5.74, 6) is 0.616. The van der Waals surface area contributed by atoms with Crippen molar-refractivity contribution in [3.63, 3.8) is 0 Å². The Morgan fingerprint density at radius 1 is 1.08 bits per heavy atom. The molecule has 2 aromatic rings. The monoisotopic (exact) mass is 325 g/mol. The molecule has 0 spiro atoms. The Morgan fingerprint density at radius 2 is 1.83 bits per heavy atom. The number of aliphatic hydroxyl groups excluding tert-OH is 1. The van der Waals surface area contributed by atoms with Crippen LogP contribution in [-0.4, -0.2) is 17.1 Å². The van der Waals surface area contributed by atoms with Gasteiger partial charge in [0, 0.05) is 12.1 Å². The van der Waals surface area contributed by atoms with Crippen molar-refractivity contribution in [2.45, 2.75) is 44.9 Å². The predicted molar refractivity (Wildman–Crippen MR) is 92.9 cm³/mol. The molecule has 126 valence electrons. The fraction of sp³-hybridized carbons (Fsp3) is 0.350. The van der Waals surface area contributed by atoms with Gasteiger partial charge in [-0.15, -0.1) is 0 Å². The molecule has 0 atom stereocenters. The molecule has 0 heterocycles. The van der Waals surface area contributed by atoms with Crippen molar-refractivity contribution in [3.8, 4) is 5.75 Å². The number of ether oxygens (including phenoxy) is 1. The molecule has 3 rings (SSSR count). The molecule has 0 aromatic heterocycles. The molecule has 1 saturated carbocycles. The Morgan fingerprint density at radius 3 is 2.58 bits per heavy atom. The highest BCUT2D eigenvalue weighted by Gasteiger charge is 2.17. The van der Waals surface area contributed by atoms with E-state index >= 15 is 0 Å². The van der Waals surface area contributed by atoms with E-state index in [9.17, 15) is 9.90 Å². The fourth-order valence-corrected chi connectivity index (χ4v) is 3.07. The quantitative estimate of drug-likeness (QED) is 0.855. The third-order valence-corrected chi connectivity index (χ3v) is 4.43. The van der Waals surface area contributed by atoms with E-state index in [1.54, 1.807) is 12.1 Å². The smallest absolute Gasteiger partial charge is 0.251 e. The normalized spacial score (nSPS) is 14.5. The molecule has 0 saturated heterocycles. The molecule has 0 bridgehead atoms. The van der Waals surface area contributed by atoms with Gasteiger partial charge in [0.25, 0.3) is 5.91 Å². The van der Waals surface area contributed by atoms with Crippen LogP contribution in [0.2, 0.25) is 0 Å². The highest BCUT2D eigenvalue weighted by molar-refractivity contribution is 5.94. The summed E-state index contributed by atoms with van der Waals surface area (Å²) in [5, 5.41) is 12.2. The first kappa shape index (κ1) is 16.5. The maximum absolute atomic E-state index is 12.4. The van der Waals surface area contributed by atoms with Crippen molar-refractivity contribution in [2.24, 2.45) is 0 Å². The first-order chi connectivity index (χ1) is 11.8. The van der Waals surface area contributed by atoms with Gasteiger partial charge in [0.1, 0.15) is 5.75 Å². The average molecular weight is 325 g/mol. The summed E-state index contributed by atoms with van der Waals surface area (Å²) in [6.07, 6.45) is 4.90. The lowest BCUT2D eigenvalue weighted by atomic mass is 10.1. The Kier molecular flexibility index (Phi) is 5.49. The van der Waals surface area contributed by atoms with E-state index in [2.05, 4.69) is 5.32 Å². The van der Waals surface area contributed by atoms with Gasteiger partial charge < -0.3 is 15.2 Å². The molecular weight excluding hydrogens is 302 g/mol. The summed E-state index contributed by atoms with van der Waals surface area (Å²) < 4.78 is 5.95. The van der Waals surface area contributed by atoms with Gasteiger partial charge in [0.05, 0.1) is 12.7 Å². The van der Waals surface area contributed by atoms with Gasteiger partial charge in [-0.25, -0.2) is 0 Å². The summed E-state index contributed by atoms with van der Waals surface area (Å²) in [5.41, 5.74) is 2.34. The maximum Gasteiger partial charge on any atom is 0.251 e. The van der Waals surface area contributed by atoms with Crippen molar-refractivity contribution in [1.82, 2.24) is 5.32 Å². The number of hydrogen-bond acceptors (Lipinski definition) is 3. The first-order valence-corrected chi connectivity index (χ1v) is 8.49. The molecule has 4 nitrogen and oxygen atoms in total. The van der Waals surface area contributed by atoms with E-state index in [4.69, 9.17) is 4.74 Å². The van der Waals surface area contributed by atoms with Crippen LogP contribution in [0.25, 0.3) is 0 Å². The van der Waals surface area contributed by atoms with Crippen LogP contribution in [0.5, 0.6) is 5.75 Å². The van der Waals surface area contributed by atoms with E-state index in [0.29, 0.717) is 12.1 Å². The van der Waals surface area contributed by atoms with Crippen LogP contribution in [0.4, 0.5) is 0 Å². The third-order valence-electron chi connectivity index (χ3n) is 4.43. The zero-order chi connectivity index (χ0) is 16.8. The SMILES string of the molecule is O=C(NCc1ccccc1CO)c1cccc(OC2CCCC2)c1. The molecule has 0 aliphatic heterocycles. The van der Waals surface area contributed by atoms with E-state index in [1.165, 1.54) is 12.8 Å². The number of rotatable bonds is 6. The fourth-order valence-electron chi connectivity index (χ4n) is 3.07. The minimum atomic E-state index is -0.139. The number of hydrogen-bond donors (Lipinski definition) is 2. The van der Waals surface area contributed by atoms with Crippen LogP contribution < -0.4 is 10.1 Å². The number of nitrogens with one attached hydrogen (secondary N) is 1. The lowest BCUT2D eigenvalue weighted by molar-refractivity contribution is 0.0949. The number of amides is 1. The molecule has 1 fully saturated rings. The number of aliphatic hydroxyl groups is 1. The molecule has 2 aromatic carbocycles. The number of carbonyl (C=O) groups excluding carboxylic acids is 1. The number of benzene rings is 2. The predicted octanol–water partition coefficient (Wildman–Crippen LogP) is 3.43. The summed E-state index contributed by atoms with van der Waals surface area (Å²) in [6.45, 7) is 0.361. The zero-order valence-corrected chi connectivity index (χ0v) is 13.7. The van der Waals surface area contributed by atoms with Gasteiger partial charge in [-0.05, 0) is 55.0 Å². The van der Waals surface area contributed by atoms with E-state index in [-0.39, 0.29) is 18.6 Å². The number of carbonyl (C=O) groups is 1. The van der Waals surface area contributed by atoms with Gasteiger partial charge in [0.2, 0.25) is 0 Å². The zero-order valence-electron chi connectivity index (χ0n) is 13.7. The van der Waals surface area contributed by atoms with Crippen molar-refractivity contribution < 1.29 is 14.6 Å². The molecular formula is C20H23NO3. The Hall–Kier alpha value is -2.33. The summed E-state index contributed by atoms with van der Waals surface area (Å²) >= 11 is 0. The topological polar surface area (TPSA) is 58.6 Å². The van der Waals surface area contributed by atoms with Crippen LogP contribution in [0, 0.1) is 0 Å².